The van der Waals surface area contributed by atoms with Gasteiger partial charge in [0, 0.05) is 12.0 Å². The molecule has 0 heterocycles. The monoisotopic (exact) mass is 278 g/mol. The Bertz CT molecular complexity index is 429. The lowest BCUT2D eigenvalue weighted by Gasteiger charge is -2.30. The quantitative estimate of drug-likeness (QED) is 0.768. The van der Waals surface area contributed by atoms with Crippen LogP contribution < -0.4 is 15.8 Å². The largest absolute Gasteiger partial charge is 0.491 e. The summed E-state index contributed by atoms with van der Waals surface area (Å²) in [5.41, 5.74) is 5.99. The fourth-order valence-electron chi connectivity index (χ4n) is 2.19. The van der Waals surface area contributed by atoms with Crippen molar-refractivity contribution < 1.29 is 9.53 Å². The maximum Gasteiger partial charge on any atom is 0.219 e. The van der Waals surface area contributed by atoms with Gasteiger partial charge in [-0.2, -0.15) is 0 Å². The second-order valence-electron chi connectivity index (χ2n) is 5.59. The standard InChI is InChI=1S/C16H26N2O2/c1-5-10-18-16(4,11-15(17)19)13-6-8-14(9-7-13)20-12(2)3/h6-9,12,18H,5,10-11H2,1-4H3,(H2,17,19). The summed E-state index contributed by atoms with van der Waals surface area (Å²) in [6, 6.07) is 7.84. The molecular formula is C16H26N2O2. The van der Waals surface area contributed by atoms with Gasteiger partial charge in [-0.1, -0.05) is 19.1 Å². The van der Waals surface area contributed by atoms with Crippen molar-refractivity contribution in [3.8, 4) is 5.75 Å². The number of amides is 1. The van der Waals surface area contributed by atoms with Crippen LogP contribution in [0.5, 0.6) is 5.75 Å². The van der Waals surface area contributed by atoms with Crippen molar-refractivity contribution >= 4 is 5.91 Å². The molecule has 0 aliphatic heterocycles. The molecule has 1 amide bonds. The molecule has 1 unspecified atom stereocenters. The first-order chi connectivity index (χ1) is 9.37. The third kappa shape index (κ3) is 4.85. The van der Waals surface area contributed by atoms with E-state index in [0.29, 0.717) is 0 Å². The summed E-state index contributed by atoms with van der Waals surface area (Å²) in [5.74, 6) is 0.527. The Kier molecular flexibility index (Phi) is 6.02. The highest BCUT2D eigenvalue weighted by atomic mass is 16.5. The number of carbonyl (C=O) groups is 1. The minimum atomic E-state index is -0.432. The van der Waals surface area contributed by atoms with E-state index < -0.39 is 5.54 Å². The van der Waals surface area contributed by atoms with Gasteiger partial charge in [0.15, 0.2) is 0 Å². The minimum absolute atomic E-state index is 0.149. The second-order valence-corrected chi connectivity index (χ2v) is 5.59. The fraction of sp³-hybridized carbons (Fsp3) is 0.562. The van der Waals surface area contributed by atoms with Crippen molar-refractivity contribution in [2.45, 2.75) is 52.2 Å². The highest BCUT2D eigenvalue weighted by Crippen LogP contribution is 2.26. The molecule has 0 aliphatic rings. The molecule has 1 aromatic carbocycles. The van der Waals surface area contributed by atoms with E-state index >= 15 is 0 Å². The molecule has 20 heavy (non-hydrogen) atoms. The first kappa shape index (κ1) is 16.5. The van der Waals surface area contributed by atoms with Crippen LogP contribution in [0.2, 0.25) is 0 Å². The van der Waals surface area contributed by atoms with E-state index in [1.165, 1.54) is 0 Å². The SMILES string of the molecule is CCCNC(C)(CC(N)=O)c1ccc(OC(C)C)cc1. The highest BCUT2D eigenvalue weighted by Gasteiger charge is 2.27. The number of ether oxygens (including phenoxy) is 1. The molecule has 1 aromatic rings. The van der Waals surface area contributed by atoms with Gasteiger partial charge in [-0.15, -0.1) is 0 Å². The Balaban J connectivity index is 2.92. The number of nitrogens with two attached hydrogens (primary N) is 1. The predicted octanol–water partition coefficient (Wildman–Crippen LogP) is 2.56. The van der Waals surface area contributed by atoms with Crippen molar-refractivity contribution in [2.75, 3.05) is 6.54 Å². The average molecular weight is 278 g/mol. The van der Waals surface area contributed by atoms with Crippen molar-refractivity contribution in [1.82, 2.24) is 5.32 Å². The minimum Gasteiger partial charge on any atom is -0.491 e. The number of benzene rings is 1. The summed E-state index contributed by atoms with van der Waals surface area (Å²) in [5, 5.41) is 3.41. The predicted molar refractivity (Wildman–Crippen MR) is 81.7 cm³/mol. The number of carbonyl (C=O) groups excluding carboxylic acids is 1. The lowest BCUT2D eigenvalue weighted by molar-refractivity contribution is -0.119. The molecule has 1 rings (SSSR count). The van der Waals surface area contributed by atoms with Gasteiger partial charge in [0.1, 0.15) is 5.75 Å². The molecule has 0 aromatic heterocycles. The lowest BCUT2D eigenvalue weighted by Crippen LogP contribution is -2.43. The first-order valence-corrected chi connectivity index (χ1v) is 7.18. The molecule has 4 heteroatoms. The van der Waals surface area contributed by atoms with E-state index in [-0.39, 0.29) is 18.4 Å². The first-order valence-electron chi connectivity index (χ1n) is 7.18. The zero-order chi connectivity index (χ0) is 15.2. The van der Waals surface area contributed by atoms with Crippen LogP contribution in [0.15, 0.2) is 24.3 Å². The van der Waals surface area contributed by atoms with E-state index in [1.54, 1.807) is 0 Å². The van der Waals surface area contributed by atoms with E-state index in [0.717, 1.165) is 24.3 Å². The van der Waals surface area contributed by atoms with Crippen LogP contribution in [0, 0.1) is 0 Å². The third-order valence-electron chi connectivity index (χ3n) is 3.16. The van der Waals surface area contributed by atoms with Gasteiger partial charge >= 0.3 is 0 Å². The molecule has 0 spiro atoms. The topological polar surface area (TPSA) is 64.3 Å². The normalized spacial score (nSPS) is 14.1. The van der Waals surface area contributed by atoms with Crippen molar-refractivity contribution in [1.29, 1.82) is 0 Å². The maximum atomic E-state index is 11.3. The molecule has 0 bridgehead atoms. The maximum absolute atomic E-state index is 11.3. The smallest absolute Gasteiger partial charge is 0.219 e. The zero-order valence-electron chi connectivity index (χ0n) is 12.9. The molecule has 1 atom stereocenters. The molecule has 112 valence electrons. The van der Waals surface area contributed by atoms with Gasteiger partial charge in [-0.3, -0.25) is 4.79 Å². The molecule has 4 nitrogen and oxygen atoms in total. The van der Waals surface area contributed by atoms with Crippen molar-refractivity contribution in [3.63, 3.8) is 0 Å². The molecule has 0 fully saturated rings. The summed E-state index contributed by atoms with van der Waals surface area (Å²) >= 11 is 0. The number of hydrogen-bond donors (Lipinski definition) is 2. The Morgan fingerprint density at radius 3 is 2.40 bits per heavy atom. The number of rotatable bonds is 8. The van der Waals surface area contributed by atoms with Crippen molar-refractivity contribution in [2.24, 2.45) is 5.73 Å². The van der Waals surface area contributed by atoms with E-state index in [1.807, 2.05) is 45.0 Å². The van der Waals surface area contributed by atoms with Gasteiger partial charge in [0.25, 0.3) is 0 Å². The van der Waals surface area contributed by atoms with Gasteiger partial charge < -0.3 is 15.8 Å². The van der Waals surface area contributed by atoms with Crippen molar-refractivity contribution in [3.05, 3.63) is 29.8 Å². The summed E-state index contributed by atoms with van der Waals surface area (Å²) in [6.07, 6.45) is 1.43. The van der Waals surface area contributed by atoms with E-state index in [9.17, 15) is 4.79 Å². The molecule has 0 radical (unpaired) electrons. The van der Waals surface area contributed by atoms with Gasteiger partial charge in [-0.05, 0) is 51.4 Å². The third-order valence-corrected chi connectivity index (χ3v) is 3.16. The van der Waals surface area contributed by atoms with Crippen LogP contribution in [-0.4, -0.2) is 18.6 Å². The Morgan fingerprint density at radius 1 is 1.35 bits per heavy atom. The summed E-state index contributed by atoms with van der Waals surface area (Å²) in [4.78, 5) is 11.3. The lowest BCUT2D eigenvalue weighted by atomic mass is 9.88. The van der Waals surface area contributed by atoms with E-state index in [4.69, 9.17) is 10.5 Å². The van der Waals surface area contributed by atoms with E-state index in [2.05, 4.69) is 12.2 Å². The number of primary amides is 1. The summed E-state index contributed by atoms with van der Waals surface area (Å²) < 4.78 is 5.63. The molecule has 0 aliphatic carbocycles. The Morgan fingerprint density at radius 2 is 1.95 bits per heavy atom. The van der Waals surface area contributed by atoms with Gasteiger partial charge in [0.05, 0.1) is 6.10 Å². The molecule has 0 saturated heterocycles. The summed E-state index contributed by atoms with van der Waals surface area (Å²) in [6.45, 7) is 8.93. The molecular weight excluding hydrogens is 252 g/mol. The van der Waals surface area contributed by atoms with Crippen LogP contribution in [0.4, 0.5) is 0 Å². The second kappa shape index (κ2) is 7.29. The van der Waals surface area contributed by atoms with Crippen LogP contribution in [-0.2, 0) is 10.3 Å². The average Bonchev–Trinajstić information content (AvgIpc) is 2.35. The molecule has 0 saturated carbocycles. The number of hydrogen-bond acceptors (Lipinski definition) is 3. The van der Waals surface area contributed by atoms with Gasteiger partial charge in [-0.25, -0.2) is 0 Å². The van der Waals surface area contributed by atoms with Crippen LogP contribution in [0.3, 0.4) is 0 Å². The van der Waals surface area contributed by atoms with Crippen LogP contribution in [0.1, 0.15) is 46.1 Å². The number of nitrogens with one attached hydrogen (secondary N) is 1. The van der Waals surface area contributed by atoms with Gasteiger partial charge in [0.2, 0.25) is 5.91 Å². The zero-order valence-corrected chi connectivity index (χ0v) is 12.9. The van der Waals surface area contributed by atoms with Crippen LogP contribution >= 0.6 is 0 Å². The summed E-state index contributed by atoms with van der Waals surface area (Å²) in [7, 11) is 0. The molecule has 3 N–H and O–H groups in total. The van der Waals surface area contributed by atoms with Crippen LogP contribution in [0.25, 0.3) is 0 Å². The Labute approximate surface area is 121 Å². The highest BCUT2D eigenvalue weighted by molar-refractivity contribution is 5.75. The fourth-order valence-corrected chi connectivity index (χ4v) is 2.19. The Hall–Kier alpha value is -1.55.